The SMILES string of the molecule is CCC(CCN)NC(=O)c1ccc(-c2cc3nccc(-c4ccc(OC5CCOCC5)c(C#N)c4)c3o2)c(OC)c1. The van der Waals surface area contributed by atoms with Crippen LogP contribution in [0.2, 0.25) is 0 Å². The second-order valence-corrected chi connectivity index (χ2v) is 10.0. The third kappa shape index (κ3) is 6.19. The summed E-state index contributed by atoms with van der Waals surface area (Å²) in [5.41, 5.74) is 10.2. The lowest BCUT2D eigenvalue weighted by atomic mass is 10.0. The lowest BCUT2D eigenvalue weighted by Gasteiger charge is -2.23. The number of nitrogens with two attached hydrogens (primary N) is 1. The first-order chi connectivity index (χ1) is 20.0. The van der Waals surface area contributed by atoms with Crippen molar-refractivity contribution in [2.75, 3.05) is 26.9 Å². The molecule has 5 rings (SSSR count). The fourth-order valence-corrected chi connectivity index (χ4v) is 5.04. The van der Waals surface area contributed by atoms with Crippen LogP contribution in [0, 0.1) is 11.3 Å². The Morgan fingerprint density at radius 3 is 2.71 bits per heavy atom. The summed E-state index contributed by atoms with van der Waals surface area (Å²) in [4.78, 5) is 17.4. The van der Waals surface area contributed by atoms with Gasteiger partial charge in [0.2, 0.25) is 0 Å². The number of methoxy groups -OCH3 is 1. The number of fused-ring (bicyclic) bond motifs is 1. The van der Waals surface area contributed by atoms with Crippen LogP contribution in [0.1, 0.15) is 48.5 Å². The molecule has 0 saturated carbocycles. The van der Waals surface area contributed by atoms with Crippen molar-refractivity contribution in [1.82, 2.24) is 10.3 Å². The molecule has 9 nitrogen and oxygen atoms in total. The van der Waals surface area contributed by atoms with E-state index in [0.29, 0.717) is 71.2 Å². The number of rotatable bonds is 10. The molecule has 1 fully saturated rings. The van der Waals surface area contributed by atoms with E-state index in [1.165, 1.54) is 0 Å². The number of hydrogen-bond donors (Lipinski definition) is 2. The highest BCUT2D eigenvalue weighted by molar-refractivity contribution is 5.97. The van der Waals surface area contributed by atoms with E-state index in [2.05, 4.69) is 16.4 Å². The van der Waals surface area contributed by atoms with E-state index in [9.17, 15) is 10.1 Å². The molecule has 1 amide bonds. The quantitative estimate of drug-likeness (QED) is 0.264. The number of aromatic nitrogens is 1. The van der Waals surface area contributed by atoms with E-state index < -0.39 is 0 Å². The van der Waals surface area contributed by atoms with Gasteiger partial charge in [-0.05, 0) is 61.3 Å². The standard InChI is InChI=1S/C32H34N4O5/c1-3-23(8-12-33)36-32(37)21-4-6-26(29(17-21)38-2)30-18-27-31(41-30)25(9-13-35-27)20-5-7-28(22(16-20)19-34)40-24-10-14-39-15-11-24/h4-7,9,13,16-18,23-24H,3,8,10-12,14-15,33H2,1-2H3,(H,36,37). The highest BCUT2D eigenvalue weighted by Gasteiger charge is 2.20. The van der Waals surface area contributed by atoms with Gasteiger partial charge in [-0.15, -0.1) is 0 Å². The molecular formula is C32H34N4O5. The molecule has 1 aliphatic rings. The van der Waals surface area contributed by atoms with Crippen LogP contribution in [-0.2, 0) is 4.74 Å². The molecule has 2 aromatic heterocycles. The minimum atomic E-state index is -0.179. The van der Waals surface area contributed by atoms with E-state index in [4.69, 9.17) is 24.4 Å². The van der Waals surface area contributed by atoms with Crippen LogP contribution in [0.5, 0.6) is 11.5 Å². The van der Waals surface area contributed by atoms with Gasteiger partial charge in [0, 0.05) is 42.3 Å². The molecule has 0 radical (unpaired) electrons. The van der Waals surface area contributed by atoms with Crippen LogP contribution >= 0.6 is 0 Å². The van der Waals surface area contributed by atoms with Crippen LogP contribution in [0.3, 0.4) is 0 Å². The first-order valence-corrected chi connectivity index (χ1v) is 13.9. The lowest BCUT2D eigenvalue weighted by Crippen LogP contribution is -2.35. The van der Waals surface area contributed by atoms with E-state index in [0.717, 1.165) is 30.4 Å². The fourth-order valence-electron chi connectivity index (χ4n) is 5.04. The maximum Gasteiger partial charge on any atom is 0.251 e. The van der Waals surface area contributed by atoms with Crippen LogP contribution in [-0.4, -0.2) is 49.9 Å². The van der Waals surface area contributed by atoms with Crippen molar-refractivity contribution in [3.8, 4) is 40.0 Å². The maximum atomic E-state index is 12.9. The van der Waals surface area contributed by atoms with Crippen molar-refractivity contribution in [2.45, 2.75) is 44.8 Å². The van der Waals surface area contributed by atoms with Gasteiger partial charge in [-0.3, -0.25) is 9.78 Å². The number of furan rings is 1. The predicted molar refractivity (Wildman–Crippen MR) is 156 cm³/mol. The maximum absolute atomic E-state index is 12.9. The third-order valence-corrected chi connectivity index (χ3v) is 7.36. The Kier molecular flexibility index (Phi) is 8.82. The first-order valence-electron chi connectivity index (χ1n) is 13.9. The number of pyridine rings is 1. The minimum Gasteiger partial charge on any atom is -0.496 e. The minimum absolute atomic E-state index is 0.0158. The molecule has 1 saturated heterocycles. The summed E-state index contributed by atoms with van der Waals surface area (Å²) in [5.74, 6) is 1.45. The molecule has 2 aromatic carbocycles. The molecule has 0 aliphatic carbocycles. The Balaban J connectivity index is 1.44. The Bertz CT molecular complexity index is 1570. The Morgan fingerprint density at radius 1 is 1.15 bits per heavy atom. The van der Waals surface area contributed by atoms with Crippen LogP contribution in [0.15, 0.2) is 59.1 Å². The first kappa shape index (κ1) is 28.1. The number of amides is 1. The number of nitrogens with one attached hydrogen (secondary N) is 1. The molecule has 0 bridgehead atoms. The van der Waals surface area contributed by atoms with Gasteiger partial charge in [-0.1, -0.05) is 13.0 Å². The average molecular weight is 555 g/mol. The van der Waals surface area contributed by atoms with E-state index in [1.807, 2.05) is 43.3 Å². The molecule has 1 aliphatic heterocycles. The highest BCUT2D eigenvalue weighted by atomic mass is 16.5. The van der Waals surface area contributed by atoms with Gasteiger partial charge in [-0.25, -0.2) is 0 Å². The zero-order valence-corrected chi connectivity index (χ0v) is 23.3. The van der Waals surface area contributed by atoms with Crippen molar-refractivity contribution in [3.63, 3.8) is 0 Å². The van der Waals surface area contributed by atoms with Gasteiger partial charge in [0.15, 0.2) is 5.58 Å². The normalized spacial score (nSPS) is 14.4. The third-order valence-electron chi connectivity index (χ3n) is 7.36. The van der Waals surface area contributed by atoms with E-state index in [-0.39, 0.29) is 18.1 Å². The molecule has 3 N–H and O–H groups in total. The fraction of sp³-hybridized carbons (Fsp3) is 0.344. The zero-order valence-electron chi connectivity index (χ0n) is 23.3. The van der Waals surface area contributed by atoms with Gasteiger partial charge in [0.25, 0.3) is 5.91 Å². The summed E-state index contributed by atoms with van der Waals surface area (Å²) < 4.78 is 23.5. The van der Waals surface area contributed by atoms with Crippen LogP contribution < -0.4 is 20.5 Å². The highest BCUT2D eigenvalue weighted by Crippen LogP contribution is 2.38. The Hall–Kier alpha value is -4.39. The van der Waals surface area contributed by atoms with Crippen LogP contribution in [0.4, 0.5) is 0 Å². The summed E-state index contributed by atoms with van der Waals surface area (Å²) in [5, 5.41) is 12.9. The van der Waals surface area contributed by atoms with Crippen molar-refractivity contribution < 1.29 is 23.4 Å². The number of nitriles is 1. The Morgan fingerprint density at radius 2 is 1.98 bits per heavy atom. The summed E-state index contributed by atoms with van der Waals surface area (Å²) in [6.45, 7) is 3.85. The summed E-state index contributed by atoms with van der Waals surface area (Å²) in [7, 11) is 1.56. The predicted octanol–water partition coefficient (Wildman–Crippen LogP) is 5.46. The van der Waals surface area contributed by atoms with Gasteiger partial charge >= 0.3 is 0 Å². The monoisotopic (exact) mass is 554 g/mol. The molecular weight excluding hydrogens is 520 g/mol. The molecule has 41 heavy (non-hydrogen) atoms. The van der Waals surface area contributed by atoms with Gasteiger partial charge < -0.3 is 29.7 Å². The summed E-state index contributed by atoms with van der Waals surface area (Å²) in [6.07, 6.45) is 4.87. The van der Waals surface area contributed by atoms with Crippen molar-refractivity contribution in [3.05, 3.63) is 65.9 Å². The van der Waals surface area contributed by atoms with Gasteiger partial charge in [0.1, 0.15) is 34.9 Å². The number of carbonyl (C=O) groups is 1. The molecule has 212 valence electrons. The molecule has 3 heterocycles. The van der Waals surface area contributed by atoms with Crippen molar-refractivity contribution in [2.24, 2.45) is 5.73 Å². The number of hydrogen-bond acceptors (Lipinski definition) is 8. The largest absolute Gasteiger partial charge is 0.496 e. The average Bonchev–Trinajstić information content (AvgIpc) is 3.45. The lowest BCUT2D eigenvalue weighted by molar-refractivity contribution is 0.0254. The number of ether oxygens (including phenoxy) is 3. The molecule has 1 unspecified atom stereocenters. The second-order valence-electron chi connectivity index (χ2n) is 10.0. The van der Waals surface area contributed by atoms with E-state index in [1.54, 1.807) is 25.4 Å². The zero-order chi connectivity index (χ0) is 28.8. The summed E-state index contributed by atoms with van der Waals surface area (Å²) in [6, 6.07) is 16.8. The molecule has 1 atom stereocenters. The number of nitrogens with zero attached hydrogens (tertiary/aromatic N) is 2. The number of benzene rings is 2. The topological polar surface area (TPSA) is 133 Å². The van der Waals surface area contributed by atoms with Crippen molar-refractivity contribution >= 4 is 17.0 Å². The molecule has 9 heteroatoms. The van der Waals surface area contributed by atoms with E-state index >= 15 is 0 Å². The smallest absolute Gasteiger partial charge is 0.251 e. The van der Waals surface area contributed by atoms with Gasteiger partial charge in [-0.2, -0.15) is 5.26 Å². The molecule has 0 spiro atoms. The Labute approximate surface area is 239 Å². The molecule has 4 aromatic rings. The van der Waals surface area contributed by atoms with Crippen LogP contribution in [0.25, 0.3) is 33.6 Å². The van der Waals surface area contributed by atoms with Gasteiger partial charge in [0.05, 0.1) is 31.5 Å². The second kappa shape index (κ2) is 12.9. The van der Waals surface area contributed by atoms with Crippen molar-refractivity contribution in [1.29, 1.82) is 5.26 Å². The number of carbonyl (C=O) groups excluding carboxylic acids is 1. The summed E-state index contributed by atoms with van der Waals surface area (Å²) >= 11 is 0.